The highest BCUT2D eigenvalue weighted by atomic mass is 16.5. The molecule has 0 radical (unpaired) electrons. The summed E-state index contributed by atoms with van der Waals surface area (Å²) < 4.78 is 10.2. The number of nitrogens with two attached hydrogens (primary N) is 1. The molecular weight excluding hydrogens is 206 g/mol. The van der Waals surface area contributed by atoms with Crippen molar-refractivity contribution >= 4 is 5.69 Å². The topological polar surface area (TPSA) is 74.2 Å². The van der Waals surface area contributed by atoms with Crippen LogP contribution in [0.4, 0.5) is 5.69 Å². The van der Waals surface area contributed by atoms with Crippen LogP contribution < -0.4 is 5.73 Å². The van der Waals surface area contributed by atoms with Crippen LogP contribution in [0.2, 0.25) is 0 Å². The van der Waals surface area contributed by atoms with Crippen molar-refractivity contribution in [2.24, 2.45) is 0 Å². The van der Waals surface area contributed by atoms with Gasteiger partial charge in [-0.05, 0) is 19.1 Å². The van der Waals surface area contributed by atoms with E-state index in [9.17, 15) is 0 Å². The number of nitrogen functional groups attached to an aromatic ring is 1. The minimum absolute atomic E-state index is 0.192. The number of hydrogen-bond donors (Lipinski definition) is 1. The Hall–Kier alpha value is -1.88. The number of hydrogen-bond acceptors (Lipinski definition) is 5. The molecule has 0 aliphatic rings. The molecule has 0 fully saturated rings. The molecule has 0 saturated heterocycles. The van der Waals surface area contributed by atoms with Gasteiger partial charge in [0.15, 0.2) is 0 Å². The Kier molecular flexibility index (Phi) is 2.87. The van der Waals surface area contributed by atoms with Crippen LogP contribution in [0.15, 0.2) is 28.8 Å². The normalized spacial score (nSPS) is 12.6. The molecule has 1 aromatic heterocycles. The number of methoxy groups -OCH3 is 1. The van der Waals surface area contributed by atoms with Crippen molar-refractivity contribution in [2.45, 2.75) is 13.0 Å². The number of aromatic nitrogens is 2. The molecule has 2 N–H and O–H groups in total. The molecule has 1 atom stereocenters. The van der Waals surface area contributed by atoms with Crippen LogP contribution in [0.3, 0.4) is 0 Å². The third-order valence-electron chi connectivity index (χ3n) is 2.35. The number of benzene rings is 1. The van der Waals surface area contributed by atoms with Crippen LogP contribution in [0.1, 0.15) is 18.9 Å². The molecule has 0 bridgehead atoms. The second kappa shape index (κ2) is 4.32. The second-order valence-electron chi connectivity index (χ2n) is 3.42. The molecule has 1 heterocycles. The van der Waals surface area contributed by atoms with E-state index in [-0.39, 0.29) is 6.10 Å². The Bertz CT molecular complexity index is 482. The van der Waals surface area contributed by atoms with Gasteiger partial charge in [-0.25, -0.2) is 0 Å². The zero-order valence-corrected chi connectivity index (χ0v) is 9.18. The van der Waals surface area contributed by atoms with Gasteiger partial charge >= 0.3 is 0 Å². The van der Waals surface area contributed by atoms with E-state index in [4.69, 9.17) is 15.0 Å². The van der Waals surface area contributed by atoms with Crippen LogP contribution in [0.5, 0.6) is 0 Å². The van der Waals surface area contributed by atoms with E-state index in [2.05, 4.69) is 10.1 Å². The van der Waals surface area contributed by atoms with Crippen molar-refractivity contribution in [3.05, 3.63) is 30.1 Å². The first-order valence-electron chi connectivity index (χ1n) is 4.93. The zero-order valence-electron chi connectivity index (χ0n) is 9.18. The molecular formula is C11H13N3O2. The Balaban J connectivity index is 2.35. The number of ether oxygens (including phenoxy) is 1. The summed E-state index contributed by atoms with van der Waals surface area (Å²) in [5.74, 6) is 0.928. The molecule has 5 heteroatoms. The highest BCUT2D eigenvalue weighted by Gasteiger charge is 2.15. The fraction of sp³-hybridized carbons (Fsp3) is 0.273. The van der Waals surface area contributed by atoms with Crippen LogP contribution >= 0.6 is 0 Å². The molecule has 1 aromatic carbocycles. The van der Waals surface area contributed by atoms with E-state index in [1.807, 2.05) is 25.1 Å². The van der Waals surface area contributed by atoms with E-state index in [1.54, 1.807) is 13.2 Å². The minimum Gasteiger partial charge on any atom is -0.398 e. The van der Waals surface area contributed by atoms with Crippen LogP contribution in [0.25, 0.3) is 11.5 Å². The fourth-order valence-electron chi connectivity index (χ4n) is 1.31. The molecule has 16 heavy (non-hydrogen) atoms. The summed E-state index contributed by atoms with van der Waals surface area (Å²) in [6.45, 7) is 1.85. The van der Waals surface area contributed by atoms with Gasteiger partial charge in [0.05, 0.1) is 5.56 Å². The maximum atomic E-state index is 5.81. The first kappa shape index (κ1) is 10.6. The lowest BCUT2D eigenvalue weighted by Crippen LogP contribution is -1.98. The van der Waals surface area contributed by atoms with Crippen molar-refractivity contribution in [1.82, 2.24) is 10.1 Å². The molecule has 1 unspecified atom stereocenters. The van der Waals surface area contributed by atoms with Crippen molar-refractivity contribution in [1.29, 1.82) is 0 Å². The minimum atomic E-state index is -0.192. The van der Waals surface area contributed by atoms with Crippen molar-refractivity contribution in [3.8, 4) is 11.5 Å². The van der Waals surface area contributed by atoms with Crippen molar-refractivity contribution in [2.75, 3.05) is 12.8 Å². The van der Waals surface area contributed by atoms with E-state index in [1.165, 1.54) is 0 Å². The number of para-hydroxylation sites is 1. The molecule has 2 aromatic rings. The summed E-state index contributed by atoms with van der Waals surface area (Å²) >= 11 is 0. The predicted molar refractivity (Wildman–Crippen MR) is 59.6 cm³/mol. The third-order valence-corrected chi connectivity index (χ3v) is 2.35. The predicted octanol–water partition coefficient (Wildman–Crippen LogP) is 2.03. The number of rotatable bonds is 3. The average Bonchev–Trinajstić information content (AvgIpc) is 2.78. The summed E-state index contributed by atoms with van der Waals surface area (Å²) in [5.41, 5.74) is 7.17. The summed E-state index contributed by atoms with van der Waals surface area (Å²) in [7, 11) is 1.59. The van der Waals surface area contributed by atoms with Crippen LogP contribution in [-0.4, -0.2) is 17.3 Å². The highest BCUT2D eigenvalue weighted by Crippen LogP contribution is 2.25. The van der Waals surface area contributed by atoms with Gasteiger partial charge in [0, 0.05) is 12.8 Å². The molecule has 0 saturated carbocycles. The number of nitrogens with zero attached hydrogens (tertiary/aromatic N) is 2. The molecule has 0 aliphatic carbocycles. The van der Waals surface area contributed by atoms with E-state index in [0.717, 1.165) is 5.56 Å². The Morgan fingerprint density at radius 1 is 1.38 bits per heavy atom. The highest BCUT2D eigenvalue weighted by molar-refractivity contribution is 5.69. The molecule has 0 aliphatic heterocycles. The van der Waals surface area contributed by atoms with Gasteiger partial charge in [-0.3, -0.25) is 0 Å². The Morgan fingerprint density at radius 3 is 2.81 bits per heavy atom. The van der Waals surface area contributed by atoms with E-state index >= 15 is 0 Å². The van der Waals surface area contributed by atoms with Gasteiger partial charge in [-0.15, -0.1) is 0 Å². The van der Waals surface area contributed by atoms with Gasteiger partial charge in [0.25, 0.3) is 5.89 Å². The quantitative estimate of drug-likeness (QED) is 0.799. The molecule has 0 spiro atoms. The van der Waals surface area contributed by atoms with E-state index in [0.29, 0.717) is 17.4 Å². The van der Waals surface area contributed by atoms with Crippen LogP contribution in [-0.2, 0) is 4.74 Å². The second-order valence-corrected chi connectivity index (χ2v) is 3.42. The Labute approximate surface area is 93.2 Å². The van der Waals surface area contributed by atoms with E-state index < -0.39 is 0 Å². The first-order chi connectivity index (χ1) is 7.72. The van der Waals surface area contributed by atoms with Crippen molar-refractivity contribution < 1.29 is 9.26 Å². The van der Waals surface area contributed by atoms with Gasteiger partial charge in [0.1, 0.15) is 6.10 Å². The lowest BCUT2D eigenvalue weighted by molar-refractivity contribution is 0.109. The third kappa shape index (κ3) is 1.90. The summed E-state index contributed by atoms with van der Waals surface area (Å²) in [4.78, 5) is 4.23. The smallest absolute Gasteiger partial charge is 0.260 e. The molecule has 0 amide bonds. The summed E-state index contributed by atoms with van der Waals surface area (Å²) in [5, 5.41) is 3.84. The number of anilines is 1. The van der Waals surface area contributed by atoms with Gasteiger partial charge in [-0.2, -0.15) is 4.98 Å². The van der Waals surface area contributed by atoms with Gasteiger partial charge in [0.2, 0.25) is 5.82 Å². The SMILES string of the molecule is COC(C)c1noc(-c2ccccc2N)n1. The average molecular weight is 219 g/mol. The summed E-state index contributed by atoms with van der Waals surface area (Å²) in [6, 6.07) is 7.35. The van der Waals surface area contributed by atoms with Gasteiger partial charge < -0.3 is 15.0 Å². The van der Waals surface area contributed by atoms with Gasteiger partial charge in [-0.1, -0.05) is 17.3 Å². The molecule has 5 nitrogen and oxygen atoms in total. The van der Waals surface area contributed by atoms with Crippen molar-refractivity contribution in [3.63, 3.8) is 0 Å². The first-order valence-corrected chi connectivity index (χ1v) is 4.93. The monoisotopic (exact) mass is 219 g/mol. The summed E-state index contributed by atoms with van der Waals surface area (Å²) in [6.07, 6.45) is -0.192. The maximum Gasteiger partial charge on any atom is 0.260 e. The lowest BCUT2D eigenvalue weighted by Gasteiger charge is -2.01. The van der Waals surface area contributed by atoms with Crippen LogP contribution in [0, 0.1) is 0 Å². The maximum absolute atomic E-state index is 5.81. The standard InChI is InChI=1S/C11H13N3O2/c1-7(15-2)10-13-11(16-14-10)8-5-3-4-6-9(8)12/h3-7H,12H2,1-2H3. The molecule has 2 rings (SSSR count). The zero-order chi connectivity index (χ0) is 11.5. The molecule has 84 valence electrons. The largest absolute Gasteiger partial charge is 0.398 e. The Morgan fingerprint density at radius 2 is 2.12 bits per heavy atom. The lowest BCUT2D eigenvalue weighted by atomic mass is 10.2. The fourth-order valence-corrected chi connectivity index (χ4v) is 1.31.